The van der Waals surface area contributed by atoms with Crippen molar-refractivity contribution in [3.8, 4) is 6.07 Å². The maximum absolute atomic E-state index is 11.6. The molecule has 1 heterocycles. The van der Waals surface area contributed by atoms with Gasteiger partial charge >= 0.3 is 0 Å². The SMILES string of the molecule is CC(c1cccs1)N(C)S(=O)(=O)CC#N. The molecule has 1 unspecified atom stereocenters. The lowest BCUT2D eigenvalue weighted by Gasteiger charge is -2.21. The standard InChI is InChI=1S/C9H12N2O2S2/c1-8(9-4-3-6-14-9)11(2)15(12,13)7-5-10/h3-4,6,8H,7H2,1-2H3. The fraction of sp³-hybridized carbons (Fsp3) is 0.444. The van der Waals surface area contributed by atoms with Gasteiger partial charge in [0.25, 0.3) is 0 Å². The molecule has 0 aliphatic carbocycles. The third kappa shape index (κ3) is 2.78. The topological polar surface area (TPSA) is 61.2 Å². The van der Waals surface area contributed by atoms with Gasteiger partial charge in [-0.15, -0.1) is 11.3 Å². The first kappa shape index (κ1) is 12.2. The normalized spacial score (nSPS) is 13.7. The van der Waals surface area contributed by atoms with Crippen LogP contribution in [0.1, 0.15) is 17.8 Å². The van der Waals surface area contributed by atoms with E-state index in [1.165, 1.54) is 22.7 Å². The summed E-state index contributed by atoms with van der Waals surface area (Å²) in [4.78, 5) is 0.971. The number of sulfonamides is 1. The van der Waals surface area contributed by atoms with Gasteiger partial charge in [-0.2, -0.15) is 9.57 Å². The van der Waals surface area contributed by atoms with Crippen LogP contribution in [0.25, 0.3) is 0 Å². The van der Waals surface area contributed by atoms with Crippen molar-refractivity contribution in [2.75, 3.05) is 12.8 Å². The van der Waals surface area contributed by atoms with Gasteiger partial charge in [0, 0.05) is 11.9 Å². The predicted octanol–water partition coefficient (Wildman–Crippen LogP) is 1.59. The first-order chi connectivity index (χ1) is 6.99. The molecule has 0 aliphatic rings. The molecule has 0 fully saturated rings. The summed E-state index contributed by atoms with van der Waals surface area (Å²) in [5.74, 6) is -0.473. The van der Waals surface area contributed by atoms with Crippen LogP contribution in [0.4, 0.5) is 0 Å². The molecule has 0 aromatic carbocycles. The quantitative estimate of drug-likeness (QED) is 0.808. The smallest absolute Gasteiger partial charge is 0.211 e. The van der Waals surface area contributed by atoms with E-state index in [4.69, 9.17) is 5.26 Å². The maximum atomic E-state index is 11.6. The van der Waals surface area contributed by atoms with Crippen molar-refractivity contribution < 1.29 is 8.42 Å². The Balaban J connectivity index is 2.87. The second-order valence-electron chi connectivity index (χ2n) is 3.12. The van der Waals surface area contributed by atoms with Crippen LogP contribution in [0, 0.1) is 11.3 Å². The number of rotatable bonds is 4. The maximum Gasteiger partial charge on any atom is 0.227 e. The molecule has 1 aromatic heterocycles. The molecule has 4 nitrogen and oxygen atoms in total. The van der Waals surface area contributed by atoms with Crippen LogP contribution in [-0.4, -0.2) is 25.5 Å². The number of hydrogen-bond acceptors (Lipinski definition) is 4. The molecule has 6 heteroatoms. The van der Waals surface area contributed by atoms with Gasteiger partial charge in [0.1, 0.15) is 0 Å². The van der Waals surface area contributed by atoms with E-state index in [1.54, 1.807) is 13.0 Å². The monoisotopic (exact) mass is 244 g/mol. The van der Waals surface area contributed by atoms with Crippen molar-refractivity contribution >= 4 is 21.4 Å². The van der Waals surface area contributed by atoms with Gasteiger partial charge in [0.15, 0.2) is 5.75 Å². The van der Waals surface area contributed by atoms with Gasteiger partial charge < -0.3 is 0 Å². The van der Waals surface area contributed by atoms with Crippen molar-refractivity contribution in [2.45, 2.75) is 13.0 Å². The minimum absolute atomic E-state index is 0.219. The zero-order valence-corrected chi connectivity index (χ0v) is 10.2. The van der Waals surface area contributed by atoms with Crippen LogP contribution in [-0.2, 0) is 10.0 Å². The molecular formula is C9H12N2O2S2. The zero-order valence-electron chi connectivity index (χ0n) is 8.54. The van der Waals surface area contributed by atoms with E-state index in [9.17, 15) is 8.42 Å². The highest BCUT2D eigenvalue weighted by atomic mass is 32.2. The third-order valence-electron chi connectivity index (χ3n) is 2.19. The molecule has 0 radical (unpaired) electrons. The molecule has 0 aliphatic heterocycles. The Labute approximate surface area is 93.8 Å². The highest BCUT2D eigenvalue weighted by Crippen LogP contribution is 2.25. The summed E-state index contributed by atoms with van der Waals surface area (Å²) in [5.41, 5.74) is 0. The number of nitriles is 1. The Bertz CT molecular complexity index is 445. The first-order valence-electron chi connectivity index (χ1n) is 4.35. The van der Waals surface area contributed by atoms with Gasteiger partial charge in [-0.25, -0.2) is 8.42 Å². The number of thiophene rings is 1. The lowest BCUT2D eigenvalue weighted by molar-refractivity contribution is 0.405. The van der Waals surface area contributed by atoms with Crippen LogP contribution in [0.3, 0.4) is 0 Å². The lowest BCUT2D eigenvalue weighted by atomic mass is 10.3. The van der Waals surface area contributed by atoms with E-state index in [0.29, 0.717) is 0 Å². The summed E-state index contributed by atoms with van der Waals surface area (Å²) >= 11 is 1.50. The van der Waals surface area contributed by atoms with Gasteiger partial charge in [-0.05, 0) is 18.4 Å². The summed E-state index contributed by atoms with van der Waals surface area (Å²) < 4.78 is 24.4. The van der Waals surface area contributed by atoms with Crippen molar-refractivity contribution in [1.82, 2.24) is 4.31 Å². The second-order valence-corrected chi connectivity index (χ2v) is 6.13. The van der Waals surface area contributed by atoms with E-state index < -0.39 is 15.8 Å². The van der Waals surface area contributed by atoms with E-state index in [-0.39, 0.29) is 6.04 Å². The highest BCUT2D eigenvalue weighted by Gasteiger charge is 2.24. The molecule has 0 N–H and O–H groups in total. The average molecular weight is 244 g/mol. The first-order valence-corrected chi connectivity index (χ1v) is 6.84. The van der Waals surface area contributed by atoms with Crippen molar-refractivity contribution in [1.29, 1.82) is 5.26 Å². The third-order valence-corrected chi connectivity index (χ3v) is 4.92. The van der Waals surface area contributed by atoms with E-state index >= 15 is 0 Å². The average Bonchev–Trinajstić information content (AvgIpc) is 2.68. The Morgan fingerprint density at radius 1 is 1.67 bits per heavy atom. The zero-order chi connectivity index (χ0) is 11.5. The lowest BCUT2D eigenvalue weighted by Crippen LogP contribution is -2.31. The number of hydrogen-bond donors (Lipinski definition) is 0. The minimum Gasteiger partial charge on any atom is -0.211 e. The fourth-order valence-electron chi connectivity index (χ4n) is 1.13. The minimum atomic E-state index is -3.46. The molecule has 0 spiro atoms. The molecule has 82 valence electrons. The summed E-state index contributed by atoms with van der Waals surface area (Å²) in [6.07, 6.45) is 0. The van der Waals surface area contributed by atoms with Crippen LogP contribution < -0.4 is 0 Å². The molecule has 15 heavy (non-hydrogen) atoms. The molecule has 1 aromatic rings. The summed E-state index contributed by atoms with van der Waals surface area (Å²) in [5, 5.41) is 10.3. The second kappa shape index (κ2) is 4.75. The molecule has 0 saturated carbocycles. The van der Waals surface area contributed by atoms with Crippen LogP contribution in [0.2, 0.25) is 0 Å². The Morgan fingerprint density at radius 2 is 2.33 bits per heavy atom. The fourth-order valence-corrected chi connectivity index (χ4v) is 2.99. The van der Waals surface area contributed by atoms with Crippen LogP contribution in [0.15, 0.2) is 17.5 Å². The highest BCUT2D eigenvalue weighted by molar-refractivity contribution is 7.89. The summed E-state index contributed by atoms with van der Waals surface area (Å²) in [6.45, 7) is 1.81. The van der Waals surface area contributed by atoms with Gasteiger partial charge in [0.2, 0.25) is 10.0 Å². The van der Waals surface area contributed by atoms with Gasteiger partial charge in [-0.3, -0.25) is 0 Å². The van der Waals surface area contributed by atoms with Gasteiger partial charge in [0.05, 0.1) is 12.1 Å². The van der Waals surface area contributed by atoms with E-state index in [1.807, 2.05) is 17.5 Å². The molecule has 0 amide bonds. The molecule has 0 saturated heterocycles. The van der Waals surface area contributed by atoms with Gasteiger partial charge in [-0.1, -0.05) is 6.07 Å². The van der Waals surface area contributed by atoms with Crippen LogP contribution >= 0.6 is 11.3 Å². The molecular weight excluding hydrogens is 232 g/mol. The Hall–Kier alpha value is -0.900. The number of nitrogens with zero attached hydrogens (tertiary/aromatic N) is 2. The van der Waals surface area contributed by atoms with Crippen molar-refractivity contribution in [2.24, 2.45) is 0 Å². The van der Waals surface area contributed by atoms with E-state index in [0.717, 1.165) is 4.88 Å². The molecule has 1 rings (SSSR count). The Kier molecular flexibility index (Phi) is 3.85. The van der Waals surface area contributed by atoms with E-state index in [2.05, 4.69) is 0 Å². The van der Waals surface area contributed by atoms with Crippen molar-refractivity contribution in [3.05, 3.63) is 22.4 Å². The largest absolute Gasteiger partial charge is 0.227 e. The molecule has 0 bridgehead atoms. The predicted molar refractivity (Wildman–Crippen MR) is 59.9 cm³/mol. The van der Waals surface area contributed by atoms with Crippen LogP contribution in [0.5, 0.6) is 0 Å². The van der Waals surface area contributed by atoms with Crippen molar-refractivity contribution in [3.63, 3.8) is 0 Å². The summed E-state index contributed by atoms with van der Waals surface area (Å²) in [7, 11) is -1.96. The Morgan fingerprint density at radius 3 is 2.80 bits per heavy atom. The molecule has 1 atom stereocenters. The summed E-state index contributed by atoms with van der Waals surface area (Å²) in [6, 6.07) is 5.20.